The van der Waals surface area contributed by atoms with Crippen LogP contribution in [0.3, 0.4) is 0 Å². The highest BCUT2D eigenvalue weighted by atomic mass is 16.5. The van der Waals surface area contributed by atoms with Crippen LogP contribution in [0.2, 0.25) is 0 Å². The second-order valence-corrected chi connectivity index (χ2v) is 12.5. The normalized spacial score (nSPS) is 19.8. The average Bonchev–Trinajstić information content (AvgIpc) is 3.66. The molecule has 2 aliphatic rings. The van der Waals surface area contributed by atoms with Gasteiger partial charge in [0.1, 0.15) is 23.4 Å². The van der Waals surface area contributed by atoms with Crippen molar-refractivity contribution in [2.24, 2.45) is 0 Å². The van der Waals surface area contributed by atoms with Gasteiger partial charge in [-0.1, -0.05) is 42.5 Å². The van der Waals surface area contributed by atoms with Crippen molar-refractivity contribution in [3.8, 4) is 5.75 Å². The Balaban J connectivity index is 1.49. The summed E-state index contributed by atoms with van der Waals surface area (Å²) >= 11 is 0. The molecule has 3 amide bonds. The van der Waals surface area contributed by atoms with E-state index in [2.05, 4.69) is 16.0 Å². The Morgan fingerprint density at radius 2 is 1.65 bits per heavy atom. The molecule has 0 bridgehead atoms. The molecular weight excluding hydrogens is 548 g/mol. The van der Waals surface area contributed by atoms with Crippen molar-refractivity contribution in [1.29, 1.82) is 0 Å². The molecule has 43 heavy (non-hydrogen) atoms. The minimum absolute atomic E-state index is 0.0420. The Morgan fingerprint density at radius 3 is 2.28 bits per heavy atom. The zero-order valence-electron chi connectivity index (χ0n) is 25.3. The monoisotopic (exact) mass is 592 g/mol. The quantitative estimate of drug-likeness (QED) is 0.298. The van der Waals surface area contributed by atoms with Gasteiger partial charge in [-0.15, -0.1) is 0 Å². The Morgan fingerprint density at radius 1 is 0.953 bits per heavy atom. The first-order chi connectivity index (χ1) is 20.5. The maximum Gasteiger partial charge on any atom is 0.326 e. The van der Waals surface area contributed by atoms with E-state index in [9.17, 15) is 24.3 Å². The van der Waals surface area contributed by atoms with E-state index < -0.39 is 35.9 Å². The summed E-state index contributed by atoms with van der Waals surface area (Å²) in [7, 11) is 0. The SMILES string of the molecule is CC(C)(C)Oc1ccc(C[C@@H](CC(=O)N[C@@H](Cc2ccccc2)C(=O)N2CCC[C@H]2C(=O)O)NC(=O)[C@@H]2CCCN2)cc1. The molecule has 232 valence electrons. The van der Waals surface area contributed by atoms with Gasteiger partial charge in [0, 0.05) is 25.4 Å². The minimum Gasteiger partial charge on any atom is -0.488 e. The van der Waals surface area contributed by atoms with Gasteiger partial charge in [-0.2, -0.15) is 0 Å². The number of carboxylic acid groups (broad SMARTS) is 1. The molecule has 10 nitrogen and oxygen atoms in total. The number of carbonyl (C=O) groups excluding carboxylic acids is 3. The summed E-state index contributed by atoms with van der Waals surface area (Å²) in [6.07, 6.45) is 3.22. The van der Waals surface area contributed by atoms with Crippen molar-refractivity contribution < 1.29 is 29.0 Å². The number of carbonyl (C=O) groups is 4. The van der Waals surface area contributed by atoms with Gasteiger partial charge in [-0.05, 0) is 82.7 Å². The molecule has 2 heterocycles. The summed E-state index contributed by atoms with van der Waals surface area (Å²) in [5.41, 5.74) is 1.44. The fraction of sp³-hybridized carbons (Fsp3) is 0.515. The van der Waals surface area contributed by atoms with E-state index in [-0.39, 0.29) is 30.4 Å². The van der Waals surface area contributed by atoms with E-state index in [4.69, 9.17) is 4.74 Å². The van der Waals surface area contributed by atoms with Crippen LogP contribution in [-0.4, -0.2) is 76.6 Å². The second-order valence-electron chi connectivity index (χ2n) is 12.5. The van der Waals surface area contributed by atoms with Crippen molar-refractivity contribution in [2.45, 2.75) is 95.5 Å². The number of likely N-dealkylation sites (tertiary alicyclic amines) is 1. The summed E-state index contributed by atoms with van der Waals surface area (Å²) in [4.78, 5) is 53.3. The number of aliphatic carboxylic acids is 1. The molecule has 0 spiro atoms. The van der Waals surface area contributed by atoms with E-state index in [0.717, 1.165) is 36.3 Å². The van der Waals surface area contributed by atoms with Crippen molar-refractivity contribution in [2.75, 3.05) is 13.1 Å². The van der Waals surface area contributed by atoms with E-state index in [1.165, 1.54) is 4.90 Å². The number of hydrogen-bond donors (Lipinski definition) is 4. The molecule has 0 aliphatic carbocycles. The molecule has 0 unspecified atom stereocenters. The number of carboxylic acids is 1. The summed E-state index contributed by atoms with van der Waals surface area (Å²) in [5.74, 6) is -1.27. The van der Waals surface area contributed by atoms with Crippen LogP contribution in [0.4, 0.5) is 0 Å². The highest BCUT2D eigenvalue weighted by Crippen LogP contribution is 2.21. The summed E-state index contributed by atoms with van der Waals surface area (Å²) < 4.78 is 5.92. The molecule has 2 fully saturated rings. The fourth-order valence-corrected chi connectivity index (χ4v) is 5.73. The van der Waals surface area contributed by atoms with Crippen LogP contribution in [0.25, 0.3) is 0 Å². The Labute approximate surface area is 253 Å². The molecule has 0 aromatic heterocycles. The molecule has 0 radical (unpaired) electrons. The van der Waals surface area contributed by atoms with Crippen molar-refractivity contribution in [3.63, 3.8) is 0 Å². The molecule has 10 heteroatoms. The van der Waals surface area contributed by atoms with Gasteiger partial charge in [0.25, 0.3) is 0 Å². The second kappa shape index (κ2) is 14.5. The summed E-state index contributed by atoms with van der Waals surface area (Å²) in [6.45, 7) is 7.03. The summed E-state index contributed by atoms with van der Waals surface area (Å²) in [5, 5.41) is 18.8. The van der Waals surface area contributed by atoms with E-state index in [0.29, 0.717) is 25.8 Å². The third-order valence-electron chi connectivity index (χ3n) is 7.72. The van der Waals surface area contributed by atoms with Gasteiger partial charge < -0.3 is 30.7 Å². The molecule has 0 saturated carbocycles. The van der Waals surface area contributed by atoms with E-state index in [1.54, 1.807) is 0 Å². The largest absolute Gasteiger partial charge is 0.488 e. The van der Waals surface area contributed by atoms with Crippen molar-refractivity contribution >= 4 is 23.7 Å². The van der Waals surface area contributed by atoms with Crippen molar-refractivity contribution in [1.82, 2.24) is 20.9 Å². The molecule has 2 saturated heterocycles. The van der Waals surface area contributed by atoms with Crippen LogP contribution < -0.4 is 20.7 Å². The van der Waals surface area contributed by atoms with Gasteiger partial charge in [-0.25, -0.2) is 4.79 Å². The Hall–Kier alpha value is -3.92. The Kier molecular flexibility index (Phi) is 10.8. The summed E-state index contributed by atoms with van der Waals surface area (Å²) in [6, 6.07) is 14.3. The molecule has 4 atom stereocenters. The first-order valence-electron chi connectivity index (χ1n) is 15.2. The highest BCUT2D eigenvalue weighted by molar-refractivity contribution is 5.91. The molecule has 2 aromatic rings. The highest BCUT2D eigenvalue weighted by Gasteiger charge is 2.38. The molecule has 4 rings (SSSR count). The number of rotatable bonds is 12. The maximum atomic E-state index is 13.6. The third-order valence-corrected chi connectivity index (χ3v) is 7.72. The Bertz CT molecular complexity index is 1250. The molecule has 2 aliphatic heterocycles. The first-order valence-corrected chi connectivity index (χ1v) is 15.2. The van der Waals surface area contributed by atoms with Crippen molar-refractivity contribution in [3.05, 3.63) is 65.7 Å². The fourth-order valence-electron chi connectivity index (χ4n) is 5.73. The smallest absolute Gasteiger partial charge is 0.326 e. The van der Waals surface area contributed by atoms with E-state index >= 15 is 0 Å². The zero-order chi connectivity index (χ0) is 31.0. The van der Waals surface area contributed by atoms with Crippen LogP contribution in [0.1, 0.15) is 64.0 Å². The van der Waals surface area contributed by atoms with Crippen LogP contribution in [0, 0.1) is 0 Å². The van der Waals surface area contributed by atoms with Gasteiger partial charge in [0.15, 0.2) is 0 Å². The zero-order valence-corrected chi connectivity index (χ0v) is 25.3. The maximum absolute atomic E-state index is 13.6. The first kappa shape index (κ1) is 32.0. The van der Waals surface area contributed by atoms with E-state index in [1.807, 2.05) is 75.4 Å². The minimum atomic E-state index is -1.04. The molecule has 4 N–H and O–H groups in total. The van der Waals surface area contributed by atoms with Crippen LogP contribution >= 0.6 is 0 Å². The number of ether oxygens (including phenoxy) is 1. The number of nitrogens with zero attached hydrogens (tertiary/aromatic N) is 1. The number of hydrogen-bond acceptors (Lipinski definition) is 6. The van der Waals surface area contributed by atoms with Gasteiger partial charge >= 0.3 is 5.97 Å². The third kappa shape index (κ3) is 9.54. The lowest BCUT2D eigenvalue weighted by Crippen LogP contribution is -2.54. The van der Waals surface area contributed by atoms with Gasteiger partial charge in [0.2, 0.25) is 17.7 Å². The predicted molar refractivity (Wildman–Crippen MR) is 163 cm³/mol. The standard InChI is InChI=1S/C33H44N4O6/c1-33(2,3)43-25-15-13-23(14-16-25)19-24(35-30(39)26-11-7-17-34-26)21-29(38)36-27(20-22-9-5-4-6-10-22)31(40)37-18-8-12-28(37)32(41)42/h4-6,9-10,13-16,24,26-28,34H,7-8,11-12,17-21H2,1-3H3,(H,35,39)(H,36,38)(H,41,42)/t24-,26-,27-,28-/m0/s1. The lowest BCUT2D eigenvalue weighted by atomic mass is 10.0. The van der Waals surface area contributed by atoms with Gasteiger partial charge in [0.05, 0.1) is 6.04 Å². The lowest BCUT2D eigenvalue weighted by molar-refractivity contribution is -0.149. The van der Waals surface area contributed by atoms with Crippen LogP contribution in [0.5, 0.6) is 5.75 Å². The number of amides is 3. The van der Waals surface area contributed by atoms with Crippen LogP contribution in [0.15, 0.2) is 54.6 Å². The molecular formula is C33H44N4O6. The average molecular weight is 593 g/mol. The lowest BCUT2D eigenvalue weighted by Gasteiger charge is -2.28. The van der Waals surface area contributed by atoms with Gasteiger partial charge in [-0.3, -0.25) is 14.4 Å². The predicted octanol–water partition coefficient (Wildman–Crippen LogP) is 2.84. The number of nitrogens with one attached hydrogen (secondary N) is 3. The van der Waals surface area contributed by atoms with Crippen LogP contribution in [-0.2, 0) is 32.0 Å². The topological polar surface area (TPSA) is 137 Å². The molecule has 2 aromatic carbocycles. The number of benzene rings is 2.